The molecule has 1 aromatic rings. The molecule has 0 aromatic heterocycles. The van der Waals surface area contributed by atoms with Crippen molar-refractivity contribution in [3.05, 3.63) is 35.4 Å². The smallest absolute Gasteiger partial charge is 0.335 e. The first-order chi connectivity index (χ1) is 9.25. The Morgan fingerprint density at radius 2 is 1.79 bits per heavy atom. The number of carbonyl (C=O) groups is 1. The first-order valence-electron chi connectivity index (χ1n) is 6.73. The van der Waals surface area contributed by atoms with Crippen LogP contribution in [0.1, 0.15) is 15.9 Å². The van der Waals surface area contributed by atoms with Crippen LogP contribution in [0.4, 0.5) is 0 Å². The number of hydrogen-bond donors (Lipinski definition) is 4. The van der Waals surface area contributed by atoms with Gasteiger partial charge in [0.1, 0.15) is 0 Å². The Morgan fingerprint density at radius 1 is 1.11 bits per heavy atom. The highest BCUT2D eigenvalue weighted by atomic mass is 16.4. The van der Waals surface area contributed by atoms with E-state index in [0.717, 1.165) is 44.7 Å². The third-order valence-corrected chi connectivity index (χ3v) is 3.29. The summed E-state index contributed by atoms with van der Waals surface area (Å²) in [6.45, 7) is 4.86. The number of carboxylic acid groups (broad SMARTS) is 1. The van der Waals surface area contributed by atoms with Crippen LogP contribution < -0.4 is 16.0 Å². The molecule has 0 aliphatic carbocycles. The highest BCUT2D eigenvalue weighted by Crippen LogP contribution is 2.07. The number of benzene rings is 1. The van der Waals surface area contributed by atoms with Crippen LogP contribution in [-0.4, -0.2) is 49.8 Å². The molecule has 1 aliphatic rings. The van der Waals surface area contributed by atoms with Gasteiger partial charge in [-0.2, -0.15) is 0 Å². The van der Waals surface area contributed by atoms with Crippen molar-refractivity contribution in [1.29, 1.82) is 0 Å². The standard InChI is InChI=1S/C14H21N3O2/c18-14(19)12-3-1-11(2-4-12)9-13-10-16-6-5-15-7-8-17-13/h1-4,13,15-17H,5-10H2,(H,18,19). The second-order valence-electron chi connectivity index (χ2n) is 4.81. The van der Waals surface area contributed by atoms with E-state index in [9.17, 15) is 4.79 Å². The van der Waals surface area contributed by atoms with Crippen LogP contribution in [0.5, 0.6) is 0 Å². The highest BCUT2D eigenvalue weighted by molar-refractivity contribution is 5.87. The van der Waals surface area contributed by atoms with Crippen molar-refractivity contribution in [2.45, 2.75) is 12.5 Å². The lowest BCUT2D eigenvalue weighted by molar-refractivity contribution is 0.0697. The van der Waals surface area contributed by atoms with Gasteiger partial charge in [-0.3, -0.25) is 0 Å². The van der Waals surface area contributed by atoms with E-state index in [4.69, 9.17) is 5.11 Å². The van der Waals surface area contributed by atoms with Crippen LogP contribution in [0.25, 0.3) is 0 Å². The van der Waals surface area contributed by atoms with Gasteiger partial charge in [-0.05, 0) is 24.1 Å². The molecular weight excluding hydrogens is 242 g/mol. The lowest BCUT2D eigenvalue weighted by Gasteiger charge is -2.18. The van der Waals surface area contributed by atoms with E-state index in [1.54, 1.807) is 12.1 Å². The van der Waals surface area contributed by atoms with Gasteiger partial charge in [0, 0.05) is 38.8 Å². The van der Waals surface area contributed by atoms with Crippen molar-refractivity contribution in [2.24, 2.45) is 0 Å². The zero-order valence-corrected chi connectivity index (χ0v) is 11.0. The Kier molecular flexibility index (Phi) is 5.32. The lowest BCUT2D eigenvalue weighted by atomic mass is 10.0. The second kappa shape index (κ2) is 7.23. The number of aromatic carboxylic acids is 1. The van der Waals surface area contributed by atoms with Crippen LogP contribution in [0.2, 0.25) is 0 Å². The molecule has 0 spiro atoms. The Bertz CT molecular complexity index is 396. The van der Waals surface area contributed by atoms with E-state index in [1.165, 1.54) is 0 Å². The summed E-state index contributed by atoms with van der Waals surface area (Å²) in [6.07, 6.45) is 0.910. The summed E-state index contributed by atoms with van der Waals surface area (Å²) in [5.41, 5.74) is 1.50. The van der Waals surface area contributed by atoms with Gasteiger partial charge in [0.2, 0.25) is 0 Å². The van der Waals surface area contributed by atoms with Crippen LogP contribution in [0.15, 0.2) is 24.3 Å². The van der Waals surface area contributed by atoms with Crippen LogP contribution in [-0.2, 0) is 6.42 Å². The van der Waals surface area contributed by atoms with Crippen LogP contribution in [0, 0.1) is 0 Å². The van der Waals surface area contributed by atoms with Gasteiger partial charge < -0.3 is 21.1 Å². The molecule has 5 nitrogen and oxygen atoms in total. The van der Waals surface area contributed by atoms with Gasteiger partial charge in [0.25, 0.3) is 0 Å². The molecular formula is C14H21N3O2. The summed E-state index contributed by atoms with van der Waals surface area (Å²) in [7, 11) is 0. The lowest BCUT2D eigenvalue weighted by Crippen LogP contribution is -2.41. The van der Waals surface area contributed by atoms with Gasteiger partial charge in [0.05, 0.1) is 5.56 Å². The molecule has 4 N–H and O–H groups in total. The zero-order valence-electron chi connectivity index (χ0n) is 11.0. The molecule has 19 heavy (non-hydrogen) atoms. The second-order valence-corrected chi connectivity index (χ2v) is 4.81. The maximum absolute atomic E-state index is 10.8. The van der Waals surface area contributed by atoms with Gasteiger partial charge in [-0.15, -0.1) is 0 Å². The molecule has 1 aromatic carbocycles. The number of nitrogens with one attached hydrogen (secondary N) is 3. The predicted octanol–water partition coefficient (Wildman–Crippen LogP) is 0.0783. The molecule has 1 atom stereocenters. The van der Waals surface area contributed by atoms with E-state index in [1.807, 2.05) is 12.1 Å². The van der Waals surface area contributed by atoms with Gasteiger partial charge in [-0.25, -0.2) is 4.79 Å². The fourth-order valence-electron chi connectivity index (χ4n) is 2.23. The maximum Gasteiger partial charge on any atom is 0.335 e. The molecule has 0 bridgehead atoms. The summed E-state index contributed by atoms with van der Waals surface area (Å²) >= 11 is 0. The minimum atomic E-state index is -0.875. The number of hydrogen-bond acceptors (Lipinski definition) is 4. The summed E-state index contributed by atoms with van der Waals surface area (Å²) in [5, 5.41) is 19.1. The zero-order chi connectivity index (χ0) is 13.5. The molecule has 1 fully saturated rings. The third-order valence-electron chi connectivity index (χ3n) is 3.29. The summed E-state index contributed by atoms with van der Waals surface area (Å²) < 4.78 is 0. The van der Waals surface area contributed by atoms with Gasteiger partial charge in [0.15, 0.2) is 0 Å². The SMILES string of the molecule is O=C(O)c1ccc(CC2CNCCNCCN2)cc1. The van der Waals surface area contributed by atoms with E-state index in [-0.39, 0.29) is 0 Å². The normalized spacial score (nSPS) is 21.2. The van der Waals surface area contributed by atoms with Crippen LogP contribution in [0.3, 0.4) is 0 Å². The van der Waals surface area contributed by atoms with E-state index < -0.39 is 5.97 Å². The van der Waals surface area contributed by atoms with E-state index >= 15 is 0 Å². The highest BCUT2D eigenvalue weighted by Gasteiger charge is 2.10. The minimum Gasteiger partial charge on any atom is -0.478 e. The predicted molar refractivity (Wildman–Crippen MR) is 74.6 cm³/mol. The molecule has 5 heteroatoms. The molecule has 0 amide bonds. The summed E-state index contributed by atoms with van der Waals surface area (Å²) in [5.74, 6) is -0.875. The fourth-order valence-corrected chi connectivity index (χ4v) is 2.23. The van der Waals surface area contributed by atoms with Gasteiger partial charge in [-0.1, -0.05) is 12.1 Å². The van der Waals surface area contributed by atoms with Crippen molar-refractivity contribution < 1.29 is 9.90 Å². The molecule has 1 saturated heterocycles. The molecule has 1 unspecified atom stereocenters. The van der Waals surface area contributed by atoms with Crippen molar-refractivity contribution in [1.82, 2.24) is 16.0 Å². The monoisotopic (exact) mass is 263 g/mol. The van der Waals surface area contributed by atoms with Crippen molar-refractivity contribution in [3.63, 3.8) is 0 Å². The Labute approximate surface area is 113 Å². The van der Waals surface area contributed by atoms with E-state index in [2.05, 4.69) is 16.0 Å². The van der Waals surface area contributed by atoms with Crippen molar-refractivity contribution >= 4 is 5.97 Å². The quantitative estimate of drug-likeness (QED) is 0.621. The minimum absolute atomic E-state index is 0.341. The van der Waals surface area contributed by atoms with Crippen molar-refractivity contribution in [3.8, 4) is 0 Å². The van der Waals surface area contributed by atoms with E-state index in [0.29, 0.717) is 11.6 Å². The summed E-state index contributed by atoms with van der Waals surface area (Å²) in [6, 6.07) is 7.52. The molecule has 1 heterocycles. The van der Waals surface area contributed by atoms with Crippen LogP contribution >= 0.6 is 0 Å². The van der Waals surface area contributed by atoms with Crippen molar-refractivity contribution in [2.75, 3.05) is 32.7 Å². The largest absolute Gasteiger partial charge is 0.478 e. The molecule has 0 saturated carbocycles. The topological polar surface area (TPSA) is 73.4 Å². The van der Waals surface area contributed by atoms with Gasteiger partial charge >= 0.3 is 5.97 Å². The number of carboxylic acids is 1. The molecule has 1 aliphatic heterocycles. The molecule has 104 valence electrons. The fraction of sp³-hybridized carbons (Fsp3) is 0.500. The number of rotatable bonds is 3. The first-order valence-corrected chi connectivity index (χ1v) is 6.73. The molecule has 2 rings (SSSR count). The average Bonchev–Trinajstić information content (AvgIpc) is 2.53. The Hall–Kier alpha value is -1.43. The average molecular weight is 263 g/mol. The first kappa shape index (κ1) is 14.0. The third kappa shape index (κ3) is 4.63. The maximum atomic E-state index is 10.8. The summed E-state index contributed by atoms with van der Waals surface area (Å²) in [4.78, 5) is 10.8. The molecule has 0 radical (unpaired) electrons. The Morgan fingerprint density at radius 3 is 2.53 bits per heavy atom. The Balaban J connectivity index is 1.92.